The zero-order valence-corrected chi connectivity index (χ0v) is 16.9. The molecule has 0 aliphatic carbocycles. The fourth-order valence-corrected chi connectivity index (χ4v) is 4.04. The van der Waals surface area contributed by atoms with Crippen LogP contribution in [0.2, 0.25) is 5.02 Å². The molecule has 0 radical (unpaired) electrons. The average Bonchev–Trinajstić information content (AvgIpc) is 2.90. The number of rotatable bonds is 3. The number of piperidine rings is 1. The van der Waals surface area contributed by atoms with Crippen LogP contribution in [0.25, 0.3) is 0 Å². The van der Waals surface area contributed by atoms with Crippen molar-refractivity contribution in [2.45, 2.75) is 38.6 Å². The summed E-state index contributed by atoms with van der Waals surface area (Å²) in [6.07, 6.45) is 5.73. The minimum atomic E-state index is 0.0776. The van der Waals surface area contributed by atoms with Gasteiger partial charge in [0.1, 0.15) is 11.6 Å². The third-order valence-corrected chi connectivity index (χ3v) is 5.88. The average molecular weight is 400 g/mol. The van der Waals surface area contributed by atoms with Crippen LogP contribution >= 0.6 is 11.6 Å². The largest absolute Gasteiger partial charge is 0.493 e. The molecule has 5 nitrogen and oxygen atoms in total. The number of hydrogen-bond acceptors (Lipinski definition) is 4. The summed E-state index contributed by atoms with van der Waals surface area (Å²) in [7, 11) is 0. The van der Waals surface area contributed by atoms with E-state index in [2.05, 4.69) is 17.2 Å². The molecular weight excluding hydrogens is 374 g/mol. The van der Waals surface area contributed by atoms with Gasteiger partial charge in [-0.25, -0.2) is 4.98 Å². The number of hydrogen-bond donors (Lipinski definition) is 1. The summed E-state index contributed by atoms with van der Waals surface area (Å²) in [6.45, 7) is 4.60. The molecule has 2 aliphatic rings. The second kappa shape index (κ2) is 8.39. The molecule has 0 bridgehead atoms. The molecular formula is C22H26ClN3O2. The van der Waals surface area contributed by atoms with Crippen molar-refractivity contribution in [3.05, 3.63) is 52.7 Å². The summed E-state index contributed by atoms with van der Waals surface area (Å²) in [4.78, 5) is 19.1. The molecule has 28 heavy (non-hydrogen) atoms. The lowest BCUT2D eigenvalue weighted by molar-refractivity contribution is 0.0697. The van der Waals surface area contributed by atoms with Gasteiger partial charge < -0.3 is 15.0 Å². The van der Waals surface area contributed by atoms with E-state index < -0.39 is 0 Å². The first kappa shape index (κ1) is 19.1. The lowest BCUT2D eigenvalue weighted by atomic mass is 9.99. The zero-order chi connectivity index (χ0) is 19.5. The molecule has 4 rings (SSSR count). The molecule has 1 N–H and O–H groups in total. The number of aromatic nitrogens is 1. The van der Waals surface area contributed by atoms with Crippen LogP contribution in [0, 0.1) is 5.92 Å². The predicted octanol–water partition coefficient (Wildman–Crippen LogP) is 4.93. The van der Waals surface area contributed by atoms with Crippen LogP contribution in [-0.4, -0.2) is 35.5 Å². The fraction of sp³-hybridized carbons (Fsp3) is 0.455. The molecule has 2 aliphatic heterocycles. The number of carbonyl (C=O) groups is 1. The number of halogens is 1. The van der Waals surface area contributed by atoms with Crippen LogP contribution in [-0.2, 0) is 0 Å². The standard InChI is InChI=1S/C22H26ClN3O2/c1-15-8-10-26(11-9-15)22(27)16-4-7-21(24-14-16)25-19-3-2-12-28-20-13-17(23)5-6-18(19)20/h4-7,13-15,19H,2-3,8-12H2,1H3,(H,24,25). The Morgan fingerprint density at radius 1 is 1.21 bits per heavy atom. The minimum Gasteiger partial charge on any atom is -0.493 e. The van der Waals surface area contributed by atoms with Gasteiger partial charge in [0.05, 0.1) is 18.2 Å². The number of nitrogens with one attached hydrogen (secondary N) is 1. The van der Waals surface area contributed by atoms with E-state index >= 15 is 0 Å². The molecule has 1 saturated heterocycles. The topological polar surface area (TPSA) is 54.5 Å². The number of benzene rings is 1. The molecule has 0 saturated carbocycles. The van der Waals surface area contributed by atoms with Crippen LogP contribution in [0.1, 0.15) is 54.6 Å². The number of pyridine rings is 1. The zero-order valence-electron chi connectivity index (χ0n) is 16.2. The molecule has 2 aromatic rings. The van der Waals surface area contributed by atoms with Crippen molar-refractivity contribution < 1.29 is 9.53 Å². The van der Waals surface area contributed by atoms with Crippen LogP contribution in [0.3, 0.4) is 0 Å². The van der Waals surface area contributed by atoms with E-state index in [4.69, 9.17) is 16.3 Å². The van der Waals surface area contributed by atoms with E-state index in [0.29, 0.717) is 23.1 Å². The summed E-state index contributed by atoms with van der Waals surface area (Å²) in [5, 5.41) is 4.16. The Morgan fingerprint density at radius 3 is 2.79 bits per heavy atom. The van der Waals surface area contributed by atoms with Crippen molar-refractivity contribution in [3.8, 4) is 5.75 Å². The smallest absolute Gasteiger partial charge is 0.255 e. The van der Waals surface area contributed by atoms with Crippen molar-refractivity contribution in [2.24, 2.45) is 5.92 Å². The Bertz CT molecular complexity index is 832. The maximum absolute atomic E-state index is 12.7. The maximum atomic E-state index is 12.7. The van der Waals surface area contributed by atoms with E-state index in [-0.39, 0.29) is 11.9 Å². The van der Waals surface area contributed by atoms with E-state index in [0.717, 1.165) is 55.9 Å². The summed E-state index contributed by atoms with van der Waals surface area (Å²) < 4.78 is 5.83. The van der Waals surface area contributed by atoms with Gasteiger partial charge in [-0.15, -0.1) is 0 Å². The summed E-state index contributed by atoms with van der Waals surface area (Å²) in [5.74, 6) is 2.37. The molecule has 148 valence electrons. The van der Waals surface area contributed by atoms with Crippen molar-refractivity contribution >= 4 is 23.3 Å². The maximum Gasteiger partial charge on any atom is 0.255 e. The van der Waals surface area contributed by atoms with E-state index in [1.54, 1.807) is 6.20 Å². The van der Waals surface area contributed by atoms with Crippen molar-refractivity contribution in [2.75, 3.05) is 25.0 Å². The molecule has 0 spiro atoms. The normalized spacial score (nSPS) is 20.1. The quantitative estimate of drug-likeness (QED) is 0.794. The molecule has 1 aromatic carbocycles. The second-order valence-corrected chi connectivity index (χ2v) is 8.21. The highest BCUT2D eigenvalue weighted by atomic mass is 35.5. The Kier molecular flexibility index (Phi) is 5.72. The van der Waals surface area contributed by atoms with Crippen LogP contribution in [0.5, 0.6) is 5.75 Å². The summed E-state index contributed by atoms with van der Waals surface area (Å²) in [5.41, 5.74) is 1.74. The van der Waals surface area contributed by atoms with Crippen LogP contribution < -0.4 is 10.1 Å². The second-order valence-electron chi connectivity index (χ2n) is 7.78. The van der Waals surface area contributed by atoms with Gasteiger partial charge >= 0.3 is 0 Å². The number of carbonyl (C=O) groups excluding carboxylic acids is 1. The Balaban J connectivity index is 1.45. The molecule has 6 heteroatoms. The van der Waals surface area contributed by atoms with Gasteiger partial charge in [-0.3, -0.25) is 4.79 Å². The van der Waals surface area contributed by atoms with Crippen molar-refractivity contribution in [3.63, 3.8) is 0 Å². The van der Waals surface area contributed by atoms with Crippen molar-refractivity contribution in [1.82, 2.24) is 9.88 Å². The summed E-state index contributed by atoms with van der Waals surface area (Å²) in [6, 6.07) is 9.62. The predicted molar refractivity (Wildman–Crippen MR) is 111 cm³/mol. The highest BCUT2D eigenvalue weighted by Crippen LogP contribution is 2.35. The van der Waals surface area contributed by atoms with Gasteiger partial charge in [-0.2, -0.15) is 0 Å². The van der Waals surface area contributed by atoms with Gasteiger partial charge in [0.2, 0.25) is 0 Å². The number of anilines is 1. The Hall–Kier alpha value is -2.27. The van der Waals surface area contributed by atoms with E-state index in [9.17, 15) is 4.79 Å². The number of amides is 1. The highest BCUT2D eigenvalue weighted by molar-refractivity contribution is 6.30. The third-order valence-electron chi connectivity index (χ3n) is 5.65. The molecule has 1 fully saturated rings. The van der Waals surface area contributed by atoms with E-state index in [1.807, 2.05) is 35.2 Å². The lowest BCUT2D eigenvalue weighted by Crippen LogP contribution is -2.37. The fourth-order valence-electron chi connectivity index (χ4n) is 3.87. The molecule has 1 unspecified atom stereocenters. The molecule has 1 atom stereocenters. The molecule has 1 aromatic heterocycles. The number of fused-ring (bicyclic) bond motifs is 1. The van der Waals surface area contributed by atoms with Crippen molar-refractivity contribution in [1.29, 1.82) is 0 Å². The van der Waals surface area contributed by atoms with Crippen LogP contribution in [0.4, 0.5) is 5.82 Å². The Labute approximate surface area is 171 Å². The van der Waals surface area contributed by atoms with E-state index in [1.165, 1.54) is 0 Å². The first-order valence-electron chi connectivity index (χ1n) is 10.0. The monoisotopic (exact) mass is 399 g/mol. The highest BCUT2D eigenvalue weighted by Gasteiger charge is 2.23. The minimum absolute atomic E-state index is 0.0776. The van der Waals surface area contributed by atoms with Gasteiger partial charge in [0.25, 0.3) is 5.91 Å². The Morgan fingerprint density at radius 2 is 2.04 bits per heavy atom. The molecule has 3 heterocycles. The molecule has 1 amide bonds. The number of ether oxygens (including phenoxy) is 1. The first-order chi connectivity index (χ1) is 13.6. The van der Waals surface area contributed by atoms with Gasteiger partial charge in [-0.05, 0) is 55.9 Å². The van der Waals surface area contributed by atoms with Crippen LogP contribution in [0.15, 0.2) is 36.5 Å². The number of likely N-dealkylation sites (tertiary alicyclic amines) is 1. The number of nitrogens with zero attached hydrogens (tertiary/aromatic N) is 2. The third kappa shape index (κ3) is 4.25. The SMILES string of the molecule is CC1CCN(C(=O)c2ccc(NC3CCCOc4cc(Cl)ccc43)nc2)CC1. The summed E-state index contributed by atoms with van der Waals surface area (Å²) >= 11 is 6.11. The van der Waals surface area contributed by atoms with Gasteiger partial charge in [-0.1, -0.05) is 24.6 Å². The van der Waals surface area contributed by atoms with Gasteiger partial charge in [0.15, 0.2) is 0 Å². The van der Waals surface area contributed by atoms with Gasteiger partial charge in [0, 0.05) is 29.9 Å². The first-order valence-corrected chi connectivity index (χ1v) is 10.4. The lowest BCUT2D eigenvalue weighted by Gasteiger charge is -2.30.